The molecule has 0 spiro atoms. The number of hydrogen-bond donors (Lipinski definition) is 2. The third-order valence-electron chi connectivity index (χ3n) is 3.65. The molecule has 0 heterocycles. The van der Waals surface area contributed by atoms with Crippen molar-refractivity contribution in [2.24, 2.45) is 0 Å². The Morgan fingerprint density at radius 2 is 1.95 bits per heavy atom. The molecule has 2 N–H and O–H groups in total. The molecule has 0 saturated heterocycles. The standard InChI is InChI=1S/C15H34N2O2/c1-6-15(13-18,16-7-2)9-8-10-17(5)11-12-19-14(3)4/h14,16,18H,6-13H2,1-5H3. The SMILES string of the molecule is CCNC(CC)(CO)CCCN(C)CCOC(C)C. The van der Waals surface area contributed by atoms with Crippen molar-refractivity contribution in [3.05, 3.63) is 0 Å². The van der Waals surface area contributed by atoms with Crippen LogP contribution in [0.15, 0.2) is 0 Å². The van der Waals surface area contributed by atoms with E-state index < -0.39 is 0 Å². The molecule has 0 aromatic heterocycles. The van der Waals surface area contributed by atoms with Crippen LogP contribution in [0.4, 0.5) is 0 Å². The number of ether oxygens (including phenoxy) is 1. The van der Waals surface area contributed by atoms with Gasteiger partial charge in [0.15, 0.2) is 0 Å². The summed E-state index contributed by atoms with van der Waals surface area (Å²) in [6, 6.07) is 0. The number of aliphatic hydroxyl groups excluding tert-OH is 1. The third kappa shape index (κ3) is 8.58. The van der Waals surface area contributed by atoms with Crippen LogP contribution in [0.5, 0.6) is 0 Å². The fourth-order valence-corrected chi connectivity index (χ4v) is 2.26. The lowest BCUT2D eigenvalue weighted by molar-refractivity contribution is 0.0626. The van der Waals surface area contributed by atoms with Crippen molar-refractivity contribution >= 4 is 0 Å². The van der Waals surface area contributed by atoms with Crippen molar-refractivity contribution in [2.75, 3.05) is 39.9 Å². The topological polar surface area (TPSA) is 44.7 Å². The van der Waals surface area contributed by atoms with Gasteiger partial charge >= 0.3 is 0 Å². The van der Waals surface area contributed by atoms with E-state index in [1.807, 2.05) is 0 Å². The van der Waals surface area contributed by atoms with Crippen molar-refractivity contribution in [1.29, 1.82) is 0 Å². The second-order valence-corrected chi connectivity index (χ2v) is 5.65. The van der Waals surface area contributed by atoms with Gasteiger partial charge in [-0.2, -0.15) is 0 Å². The maximum atomic E-state index is 9.58. The molecule has 0 fully saturated rings. The summed E-state index contributed by atoms with van der Waals surface area (Å²) in [5.41, 5.74) is -0.0932. The largest absolute Gasteiger partial charge is 0.394 e. The highest BCUT2D eigenvalue weighted by atomic mass is 16.5. The van der Waals surface area contributed by atoms with E-state index in [4.69, 9.17) is 4.74 Å². The minimum atomic E-state index is -0.0932. The Morgan fingerprint density at radius 1 is 1.26 bits per heavy atom. The van der Waals surface area contributed by atoms with Crippen LogP contribution in [0.3, 0.4) is 0 Å². The predicted molar refractivity (Wildman–Crippen MR) is 81.6 cm³/mol. The number of aliphatic hydroxyl groups is 1. The van der Waals surface area contributed by atoms with Gasteiger partial charge in [0, 0.05) is 12.1 Å². The van der Waals surface area contributed by atoms with Gasteiger partial charge in [-0.1, -0.05) is 13.8 Å². The molecule has 116 valence electrons. The first-order chi connectivity index (χ1) is 8.99. The van der Waals surface area contributed by atoms with Crippen LogP contribution in [0.25, 0.3) is 0 Å². The summed E-state index contributed by atoms with van der Waals surface area (Å²) in [5.74, 6) is 0. The van der Waals surface area contributed by atoms with Crippen LogP contribution in [-0.4, -0.2) is 61.5 Å². The van der Waals surface area contributed by atoms with E-state index in [2.05, 4.69) is 45.0 Å². The summed E-state index contributed by atoms with van der Waals surface area (Å²) in [6.07, 6.45) is 3.39. The normalized spacial score (nSPS) is 15.2. The molecule has 0 saturated carbocycles. The van der Waals surface area contributed by atoms with Gasteiger partial charge in [-0.15, -0.1) is 0 Å². The Hall–Kier alpha value is -0.160. The van der Waals surface area contributed by atoms with E-state index in [0.29, 0.717) is 6.10 Å². The fourth-order valence-electron chi connectivity index (χ4n) is 2.26. The first-order valence-corrected chi connectivity index (χ1v) is 7.65. The van der Waals surface area contributed by atoms with Gasteiger partial charge in [0.1, 0.15) is 0 Å². The minimum Gasteiger partial charge on any atom is -0.394 e. The zero-order chi connectivity index (χ0) is 14.7. The molecule has 0 amide bonds. The summed E-state index contributed by atoms with van der Waals surface area (Å²) in [5, 5.41) is 13.0. The second-order valence-electron chi connectivity index (χ2n) is 5.65. The highest BCUT2D eigenvalue weighted by molar-refractivity contribution is 4.85. The first-order valence-electron chi connectivity index (χ1n) is 7.65. The second kappa shape index (κ2) is 10.6. The van der Waals surface area contributed by atoms with Crippen molar-refractivity contribution in [2.45, 2.75) is 58.6 Å². The smallest absolute Gasteiger partial charge is 0.0613 e. The Balaban J connectivity index is 3.85. The van der Waals surface area contributed by atoms with E-state index in [-0.39, 0.29) is 12.1 Å². The van der Waals surface area contributed by atoms with Crippen LogP contribution in [-0.2, 0) is 4.74 Å². The van der Waals surface area contributed by atoms with Crippen LogP contribution >= 0.6 is 0 Å². The van der Waals surface area contributed by atoms with Crippen LogP contribution < -0.4 is 5.32 Å². The zero-order valence-corrected chi connectivity index (χ0v) is 13.5. The number of rotatable bonds is 12. The number of nitrogens with zero attached hydrogens (tertiary/aromatic N) is 1. The van der Waals surface area contributed by atoms with Gasteiger partial charge in [0.2, 0.25) is 0 Å². The summed E-state index contributed by atoms with van der Waals surface area (Å²) in [4.78, 5) is 2.30. The molecular weight excluding hydrogens is 240 g/mol. The maximum Gasteiger partial charge on any atom is 0.0613 e. The predicted octanol–water partition coefficient (Wildman–Crippen LogP) is 1.87. The van der Waals surface area contributed by atoms with E-state index in [1.165, 1.54) is 0 Å². The van der Waals surface area contributed by atoms with E-state index in [1.54, 1.807) is 0 Å². The van der Waals surface area contributed by atoms with Gasteiger partial charge in [0.05, 0.1) is 19.3 Å². The van der Waals surface area contributed by atoms with Crippen molar-refractivity contribution in [3.63, 3.8) is 0 Å². The number of likely N-dealkylation sites (N-methyl/N-ethyl adjacent to an activating group) is 2. The maximum absolute atomic E-state index is 9.58. The lowest BCUT2D eigenvalue weighted by atomic mass is 9.91. The van der Waals surface area contributed by atoms with Gasteiger partial charge in [-0.05, 0) is 53.2 Å². The fraction of sp³-hybridized carbons (Fsp3) is 1.00. The van der Waals surface area contributed by atoms with Crippen molar-refractivity contribution < 1.29 is 9.84 Å². The molecule has 0 bridgehead atoms. The Bertz CT molecular complexity index is 206. The molecule has 4 heteroatoms. The molecule has 1 atom stereocenters. The summed E-state index contributed by atoms with van der Waals surface area (Å²) < 4.78 is 5.55. The molecule has 0 aromatic rings. The van der Waals surface area contributed by atoms with Gasteiger partial charge < -0.3 is 20.1 Å². The van der Waals surface area contributed by atoms with Gasteiger partial charge in [0.25, 0.3) is 0 Å². The molecule has 0 radical (unpaired) electrons. The molecule has 0 aliphatic rings. The van der Waals surface area contributed by atoms with Gasteiger partial charge in [-0.3, -0.25) is 0 Å². The highest BCUT2D eigenvalue weighted by Crippen LogP contribution is 2.17. The number of hydrogen-bond acceptors (Lipinski definition) is 4. The monoisotopic (exact) mass is 274 g/mol. The molecule has 0 aliphatic heterocycles. The zero-order valence-electron chi connectivity index (χ0n) is 13.5. The van der Waals surface area contributed by atoms with Crippen LogP contribution in [0.1, 0.15) is 47.0 Å². The Labute approximate surface area is 119 Å². The summed E-state index contributed by atoms with van der Waals surface area (Å²) in [6.45, 7) is 12.3. The van der Waals surface area contributed by atoms with Crippen molar-refractivity contribution in [1.82, 2.24) is 10.2 Å². The summed E-state index contributed by atoms with van der Waals surface area (Å²) in [7, 11) is 2.13. The molecule has 4 nitrogen and oxygen atoms in total. The quantitative estimate of drug-likeness (QED) is 0.570. The average Bonchev–Trinajstić information content (AvgIpc) is 2.37. The highest BCUT2D eigenvalue weighted by Gasteiger charge is 2.25. The van der Waals surface area contributed by atoms with Crippen LogP contribution in [0, 0.1) is 0 Å². The average molecular weight is 274 g/mol. The van der Waals surface area contributed by atoms with Crippen LogP contribution in [0.2, 0.25) is 0 Å². The van der Waals surface area contributed by atoms with Gasteiger partial charge in [-0.25, -0.2) is 0 Å². The first kappa shape index (κ1) is 18.8. The van der Waals surface area contributed by atoms with E-state index in [0.717, 1.165) is 45.5 Å². The van der Waals surface area contributed by atoms with Crippen molar-refractivity contribution in [3.8, 4) is 0 Å². The molecule has 0 aromatic carbocycles. The molecule has 1 unspecified atom stereocenters. The van der Waals surface area contributed by atoms with E-state index >= 15 is 0 Å². The lowest BCUT2D eigenvalue weighted by Gasteiger charge is -2.32. The molecular formula is C15H34N2O2. The lowest BCUT2D eigenvalue weighted by Crippen LogP contribution is -2.48. The number of nitrogens with one attached hydrogen (secondary N) is 1. The molecule has 19 heavy (non-hydrogen) atoms. The third-order valence-corrected chi connectivity index (χ3v) is 3.65. The Kier molecular flexibility index (Phi) is 10.5. The molecule has 0 rings (SSSR count). The molecule has 0 aliphatic carbocycles. The summed E-state index contributed by atoms with van der Waals surface area (Å²) >= 11 is 0. The van der Waals surface area contributed by atoms with E-state index in [9.17, 15) is 5.11 Å². The Morgan fingerprint density at radius 3 is 2.42 bits per heavy atom. The minimum absolute atomic E-state index is 0.0932.